The first-order chi connectivity index (χ1) is 9.20. The predicted molar refractivity (Wildman–Crippen MR) is 73.9 cm³/mol. The number of nitriles is 1. The molecule has 1 saturated carbocycles. The fourth-order valence-electron chi connectivity index (χ4n) is 1.91. The van der Waals surface area contributed by atoms with Crippen LogP contribution in [0.3, 0.4) is 0 Å². The van der Waals surface area contributed by atoms with Crippen molar-refractivity contribution < 1.29 is 9.84 Å². The molecule has 1 aliphatic carbocycles. The van der Waals surface area contributed by atoms with Crippen molar-refractivity contribution in [2.45, 2.75) is 25.9 Å². The Hall–Kier alpha value is -1.57. The smallest absolute Gasteiger partial charge is 0.102 e. The van der Waals surface area contributed by atoms with Gasteiger partial charge in [-0.2, -0.15) is 5.26 Å². The van der Waals surface area contributed by atoms with E-state index in [-0.39, 0.29) is 0 Å². The molecule has 0 aliphatic heterocycles. The SMILES string of the molecule is Cc1cccc(NCC(O)COCC2CC2)c1C#N. The summed E-state index contributed by atoms with van der Waals surface area (Å²) in [5.74, 6) is 0.710. The van der Waals surface area contributed by atoms with E-state index in [1.54, 1.807) is 0 Å². The van der Waals surface area contributed by atoms with Gasteiger partial charge in [0, 0.05) is 13.2 Å². The van der Waals surface area contributed by atoms with Gasteiger partial charge in [-0.3, -0.25) is 0 Å². The van der Waals surface area contributed by atoms with E-state index < -0.39 is 6.10 Å². The van der Waals surface area contributed by atoms with Gasteiger partial charge >= 0.3 is 0 Å². The lowest BCUT2D eigenvalue weighted by molar-refractivity contribution is 0.0386. The van der Waals surface area contributed by atoms with E-state index in [0.29, 0.717) is 24.6 Å². The van der Waals surface area contributed by atoms with Crippen LogP contribution in [0.1, 0.15) is 24.0 Å². The third-order valence-corrected chi connectivity index (χ3v) is 3.27. The lowest BCUT2D eigenvalue weighted by atomic mass is 10.1. The number of aliphatic hydroxyl groups is 1. The minimum atomic E-state index is -0.550. The molecule has 0 spiro atoms. The number of anilines is 1. The van der Waals surface area contributed by atoms with Crippen LogP contribution in [0, 0.1) is 24.2 Å². The van der Waals surface area contributed by atoms with Gasteiger partial charge in [0.1, 0.15) is 6.07 Å². The summed E-state index contributed by atoms with van der Waals surface area (Å²) in [5.41, 5.74) is 2.34. The fourth-order valence-corrected chi connectivity index (χ4v) is 1.91. The number of rotatable bonds is 7. The Morgan fingerprint density at radius 3 is 3.00 bits per heavy atom. The molecular formula is C15H20N2O2. The number of hydrogen-bond acceptors (Lipinski definition) is 4. The van der Waals surface area contributed by atoms with Crippen LogP contribution in [0.4, 0.5) is 5.69 Å². The molecule has 0 saturated heterocycles. The molecule has 0 radical (unpaired) electrons. The summed E-state index contributed by atoms with van der Waals surface area (Å²) in [7, 11) is 0. The highest BCUT2D eigenvalue weighted by Crippen LogP contribution is 2.28. The predicted octanol–water partition coefficient (Wildman–Crippen LogP) is 2.07. The zero-order chi connectivity index (χ0) is 13.7. The monoisotopic (exact) mass is 260 g/mol. The number of nitrogens with zero attached hydrogens (tertiary/aromatic N) is 1. The van der Waals surface area contributed by atoms with Crippen LogP contribution in [0.5, 0.6) is 0 Å². The zero-order valence-corrected chi connectivity index (χ0v) is 11.2. The van der Waals surface area contributed by atoms with Crippen molar-refractivity contribution in [3.63, 3.8) is 0 Å². The maximum atomic E-state index is 9.81. The van der Waals surface area contributed by atoms with Gasteiger partial charge in [0.05, 0.1) is 24.0 Å². The highest BCUT2D eigenvalue weighted by molar-refractivity contribution is 5.60. The van der Waals surface area contributed by atoms with E-state index in [0.717, 1.165) is 17.9 Å². The van der Waals surface area contributed by atoms with Crippen molar-refractivity contribution in [2.75, 3.05) is 25.1 Å². The highest BCUT2D eigenvalue weighted by Gasteiger charge is 2.21. The average molecular weight is 260 g/mol. The first kappa shape index (κ1) is 13.9. The van der Waals surface area contributed by atoms with Crippen LogP contribution < -0.4 is 5.32 Å². The Morgan fingerprint density at radius 1 is 1.53 bits per heavy atom. The summed E-state index contributed by atoms with van der Waals surface area (Å²) < 4.78 is 5.43. The molecule has 0 amide bonds. The van der Waals surface area contributed by atoms with Crippen molar-refractivity contribution in [1.82, 2.24) is 0 Å². The van der Waals surface area contributed by atoms with Crippen molar-refractivity contribution in [3.05, 3.63) is 29.3 Å². The number of nitrogens with one attached hydrogen (secondary N) is 1. The van der Waals surface area contributed by atoms with Gasteiger partial charge in [0.15, 0.2) is 0 Å². The molecule has 2 N–H and O–H groups in total. The Bertz CT molecular complexity index is 464. The zero-order valence-electron chi connectivity index (χ0n) is 11.2. The standard InChI is InChI=1S/C15H20N2O2/c1-11-3-2-4-15(14(11)7-16)17-8-13(18)10-19-9-12-5-6-12/h2-4,12-13,17-18H,5-6,8-10H2,1H3. The first-order valence-corrected chi connectivity index (χ1v) is 6.70. The molecule has 1 aromatic carbocycles. The lowest BCUT2D eigenvalue weighted by Crippen LogP contribution is -2.25. The van der Waals surface area contributed by atoms with Crippen molar-refractivity contribution in [2.24, 2.45) is 5.92 Å². The van der Waals surface area contributed by atoms with Gasteiger partial charge in [0.25, 0.3) is 0 Å². The van der Waals surface area contributed by atoms with Gasteiger partial charge in [-0.25, -0.2) is 0 Å². The maximum absolute atomic E-state index is 9.81. The first-order valence-electron chi connectivity index (χ1n) is 6.70. The van der Waals surface area contributed by atoms with Crippen LogP contribution in [0.15, 0.2) is 18.2 Å². The third kappa shape index (κ3) is 4.23. The van der Waals surface area contributed by atoms with Gasteiger partial charge < -0.3 is 15.2 Å². The Kier molecular flexibility index (Phi) is 4.78. The second-order valence-corrected chi connectivity index (χ2v) is 5.12. The van der Waals surface area contributed by atoms with Crippen LogP contribution in [-0.2, 0) is 4.74 Å². The summed E-state index contributed by atoms with van der Waals surface area (Å²) >= 11 is 0. The van der Waals surface area contributed by atoms with Crippen LogP contribution in [0.2, 0.25) is 0 Å². The Morgan fingerprint density at radius 2 is 2.32 bits per heavy atom. The van der Waals surface area contributed by atoms with Crippen LogP contribution >= 0.6 is 0 Å². The second-order valence-electron chi connectivity index (χ2n) is 5.12. The third-order valence-electron chi connectivity index (χ3n) is 3.27. The Labute approximate surface area is 114 Å². The van der Waals surface area contributed by atoms with Crippen LogP contribution in [0.25, 0.3) is 0 Å². The summed E-state index contributed by atoms with van der Waals surface area (Å²) in [6.07, 6.45) is 1.96. The van der Waals surface area contributed by atoms with Gasteiger partial charge in [-0.15, -0.1) is 0 Å². The lowest BCUT2D eigenvalue weighted by Gasteiger charge is -2.14. The van der Waals surface area contributed by atoms with E-state index in [9.17, 15) is 5.11 Å². The number of hydrogen-bond donors (Lipinski definition) is 2. The van der Waals surface area contributed by atoms with E-state index in [1.807, 2.05) is 25.1 Å². The normalized spacial score (nSPS) is 15.8. The molecule has 1 aromatic rings. The molecule has 1 fully saturated rings. The molecule has 0 aromatic heterocycles. The quantitative estimate of drug-likeness (QED) is 0.787. The van der Waals surface area contributed by atoms with E-state index >= 15 is 0 Å². The van der Waals surface area contributed by atoms with Crippen molar-refractivity contribution in [3.8, 4) is 6.07 Å². The minimum absolute atomic E-state index is 0.344. The summed E-state index contributed by atoms with van der Waals surface area (Å²) in [4.78, 5) is 0. The van der Waals surface area contributed by atoms with Crippen LogP contribution in [-0.4, -0.2) is 31.0 Å². The van der Waals surface area contributed by atoms with Gasteiger partial charge in [-0.05, 0) is 37.3 Å². The second kappa shape index (κ2) is 6.55. The topological polar surface area (TPSA) is 65.3 Å². The molecule has 19 heavy (non-hydrogen) atoms. The number of benzene rings is 1. The molecular weight excluding hydrogens is 240 g/mol. The Balaban J connectivity index is 1.77. The minimum Gasteiger partial charge on any atom is -0.389 e. The van der Waals surface area contributed by atoms with Crippen molar-refractivity contribution >= 4 is 5.69 Å². The molecule has 0 heterocycles. The molecule has 4 heteroatoms. The molecule has 102 valence electrons. The molecule has 0 bridgehead atoms. The molecule has 4 nitrogen and oxygen atoms in total. The molecule has 1 aliphatic rings. The highest BCUT2D eigenvalue weighted by atomic mass is 16.5. The molecule has 1 unspecified atom stereocenters. The summed E-state index contributed by atoms with van der Waals surface area (Å²) in [6, 6.07) is 7.83. The summed E-state index contributed by atoms with van der Waals surface area (Å²) in [6.45, 7) is 3.39. The van der Waals surface area contributed by atoms with Crippen molar-refractivity contribution in [1.29, 1.82) is 5.26 Å². The summed E-state index contributed by atoms with van der Waals surface area (Å²) in [5, 5.41) is 22.0. The van der Waals surface area contributed by atoms with E-state index in [1.165, 1.54) is 12.8 Å². The fraction of sp³-hybridized carbons (Fsp3) is 0.533. The number of ether oxygens (including phenoxy) is 1. The van der Waals surface area contributed by atoms with Gasteiger partial charge in [-0.1, -0.05) is 12.1 Å². The molecule has 1 atom stereocenters. The average Bonchev–Trinajstić information content (AvgIpc) is 3.20. The largest absolute Gasteiger partial charge is 0.389 e. The number of aryl methyl sites for hydroxylation is 1. The maximum Gasteiger partial charge on any atom is 0.102 e. The van der Waals surface area contributed by atoms with E-state index in [4.69, 9.17) is 10.00 Å². The molecule has 2 rings (SSSR count). The number of aliphatic hydroxyl groups excluding tert-OH is 1. The van der Waals surface area contributed by atoms with E-state index in [2.05, 4.69) is 11.4 Å². The van der Waals surface area contributed by atoms with Gasteiger partial charge in [0.2, 0.25) is 0 Å².